The zero-order valence-electron chi connectivity index (χ0n) is 11.1. The van der Waals surface area contributed by atoms with Gasteiger partial charge in [-0.05, 0) is 29.8 Å². The van der Waals surface area contributed by atoms with Crippen LogP contribution in [0.4, 0.5) is 0 Å². The molecule has 0 N–H and O–H groups in total. The van der Waals surface area contributed by atoms with Crippen molar-refractivity contribution in [3.8, 4) is 5.75 Å². The van der Waals surface area contributed by atoms with E-state index in [1.54, 1.807) is 7.11 Å². The molecule has 3 aromatic rings. The second-order valence-corrected chi connectivity index (χ2v) is 4.51. The summed E-state index contributed by atoms with van der Waals surface area (Å²) < 4.78 is 7.10. The first-order valence-corrected chi connectivity index (χ1v) is 6.36. The molecule has 0 aliphatic carbocycles. The second kappa shape index (κ2) is 5.17. The average Bonchev–Trinajstić information content (AvgIpc) is 2.86. The van der Waals surface area contributed by atoms with Crippen LogP contribution in [-0.4, -0.2) is 22.8 Å². The molecular formula is C16H14N2O2. The molecule has 4 heteroatoms. The van der Waals surface area contributed by atoms with E-state index in [-0.39, 0.29) is 0 Å². The zero-order chi connectivity index (χ0) is 13.9. The van der Waals surface area contributed by atoms with Gasteiger partial charge in [0.2, 0.25) is 0 Å². The number of aldehydes is 1. The number of pyridine rings is 1. The Balaban J connectivity index is 1.99. The monoisotopic (exact) mass is 266 g/mol. The fraction of sp³-hybridized carbons (Fsp3) is 0.125. The van der Waals surface area contributed by atoms with E-state index in [0.29, 0.717) is 12.1 Å². The molecule has 0 spiro atoms. The van der Waals surface area contributed by atoms with E-state index < -0.39 is 0 Å². The van der Waals surface area contributed by atoms with Crippen LogP contribution in [0, 0.1) is 0 Å². The standard InChI is InChI=1S/C16H14N2O2/c1-20-13-7-5-12(6-8-13)10-16-17-14(11-19)15-4-2-3-9-18(15)16/h2-9,11H,10H2,1H3. The number of hydrogen-bond acceptors (Lipinski definition) is 3. The van der Waals surface area contributed by atoms with E-state index in [1.165, 1.54) is 0 Å². The summed E-state index contributed by atoms with van der Waals surface area (Å²) in [4.78, 5) is 15.5. The molecule has 0 radical (unpaired) electrons. The van der Waals surface area contributed by atoms with Crippen LogP contribution in [0.15, 0.2) is 48.7 Å². The predicted octanol–water partition coefficient (Wildman–Crippen LogP) is 2.75. The Kier molecular flexibility index (Phi) is 3.21. The Labute approximate surface area is 116 Å². The summed E-state index contributed by atoms with van der Waals surface area (Å²) >= 11 is 0. The Morgan fingerprint density at radius 2 is 2.00 bits per heavy atom. The molecule has 0 aliphatic rings. The Morgan fingerprint density at radius 3 is 2.70 bits per heavy atom. The number of hydrogen-bond donors (Lipinski definition) is 0. The number of ether oxygens (including phenoxy) is 1. The van der Waals surface area contributed by atoms with Crippen molar-refractivity contribution >= 4 is 11.8 Å². The molecule has 0 saturated carbocycles. The third kappa shape index (κ3) is 2.16. The second-order valence-electron chi connectivity index (χ2n) is 4.51. The van der Waals surface area contributed by atoms with Crippen LogP contribution in [0.2, 0.25) is 0 Å². The van der Waals surface area contributed by atoms with Crippen molar-refractivity contribution in [2.45, 2.75) is 6.42 Å². The van der Waals surface area contributed by atoms with Crippen molar-refractivity contribution in [3.05, 3.63) is 65.7 Å². The quantitative estimate of drug-likeness (QED) is 0.682. The molecule has 0 saturated heterocycles. The molecule has 1 aromatic carbocycles. The van der Waals surface area contributed by atoms with E-state index in [1.807, 2.05) is 53.1 Å². The van der Waals surface area contributed by atoms with Crippen molar-refractivity contribution in [2.75, 3.05) is 7.11 Å². The Hall–Kier alpha value is -2.62. The first kappa shape index (κ1) is 12.4. The molecule has 2 heterocycles. The number of carbonyl (C=O) groups is 1. The highest BCUT2D eigenvalue weighted by Crippen LogP contribution is 2.17. The lowest BCUT2D eigenvalue weighted by Gasteiger charge is -2.03. The van der Waals surface area contributed by atoms with Crippen molar-refractivity contribution in [3.63, 3.8) is 0 Å². The fourth-order valence-electron chi connectivity index (χ4n) is 2.26. The molecular weight excluding hydrogens is 252 g/mol. The lowest BCUT2D eigenvalue weighted by molar-refractivity contribution is 0.112. The molecule has 0 atom stereocenters. The lowest BCUT2D eigenvalue weighted by Crippen LogP contribution is -1.96. The first-order chi connectivity index (χ1) is 9.81. The van der Waals surface area contributed by atoms with E-state index in [2.05, 4.69) is 4.98 Å². The van der Waals surface area contributed by atoms with Gasteiger partial charge in [0, 0.05) is 12.6 Å². The van der Waals surface area contributed by atoms with Gasteiger partial charge in [-0.15, -0.1) is 0 Å². The number of methoxy groups -OCH3 is 1. The van der Waals surface area contributed by atoms with Crippen molar-refractivity contribution in [2.24, 2.45) is 0 Å². The maximum Gasteiger partial charge on any atom is 0.170 e. The summed E-state index contributed by atoms with van der Waals surface area (Å²) in [5.41, 5.74) is 2.44. The van der Waals surface area contributed by atoms with Gasteiger partial charge >= 0.3 is 0 Å². The number of nitrogens with zero attached hydrogens (tertiary/aromatic N) is 2. The number of rotatable bonds is 4. The third-order valence-corrected chi connectivity index (χ3v) is 3.28. The summed E-state index contributed by atoms with van der Waals surface area (Å²) in [5.74, 6) is 1.68. The van der Waals surface area contributed by atoms with Crippen LogP contribution >= 0.6 is 0 Å². The highest BCUT2D eigenvalue weighted by molar-refractivity contribution is 5.83. The van der Waals surface area contributed by atoms with Crippen molar-refractivity contribution in [1.29, 1.82) is 0 Å². The number of carbonyl (C=O) groups excluding carboxylic acids is 1. The molecule has 20 heavy (non-hydrogen) atoms. The zero-order valence-corrected chi connectivity index (χ0v) is 11.1. The third-order valence-electron chi connectivity index (χ3n) is 3.28. The van der Waals surface area contributed by atoms with E-state index in [9.17, 15) is 4.79 Å². The highest BCUT2D eigenvalue weighted by Gasteiger charge is 2.10. The minimum atomic E-state index is 0.481. The Morgan fingerprint density at radius 1 is 1.20 bits per heavy atom. The summed E-state index contributed by atoms with van der Waals surface area (Å²) in [6.45, 7) is 0. The molecule has 0 fully saturated rings. The predicted molar refractivity (Wildman–Crippen MR) is 76.4 cm³/mol. The Bertz CT molecular complexity index is 745. The number of aromatic nitrogens is 2. The highest BCUT2D eigenvalue weighted by atomic mass is 16.5. The lowest BCUT2D eigenvalue weighted by atomic mass is 10.1. The number of fused-ring (bicyclic) bond motifs is 1. The summed E-state index contributed by atoms with van der Waals surface area (Å²) in [6.07, 6.45) is 3.39. The van der Waals surface area contributed by atoms with Gasteiger partial charge in [0.1, 0.15) is 17.3 Å². The molecule has 0 amide bonds. The van der Waals surface area contributed by atoms with E-state index in [0.717, 1.165) is 28.9 Å². The van der Waals surface area contributed by atoms with Gasteiger partial charge in [0.25, 0.3) is 0 Å². The van der Waals surface area contributed by atoms with Crippen LogP contribution in [0.3, 0.4) is 0 Å². The van der Waals surface area contributed by atoms with Crippen LogP contribution in [0.1, 0.15) is 21.9 Å². The minimum Gasteiger partial charge on any atom is -0.497 e. The molecule has 0 unspecified atom stereocenters. The largest absolute Gasteiger partial charge is 0.497 e. The molecule has 0 bridgehead atoms. The molecule has 4 nitrogen and oxygen atoms in total. The average molecular weight is 266 g/mol. The number of imidazole rings is 1. The molecule has 2 aromatic heterocycles. The van der Waals surface area contributed by atoms with E-state index >= 15 is 0 Å². The topological polar surface area (TPSA) is 43.6 Å². The van der Waals surface area contributed by atoms with Crippen LogP contribution in [0.5, 0.6) is 5.75 Å². The maximum absolute atomic E-state index is 11.1. The van der Waals surface area contributed by atoms with Crippen LogP contribution < -0.4 is 4.74 Å². The van der Waals surface area contributed by atoms with Gasteiger partial charge in [-0.25, -0.2) is 4.98 Å². The molecule has 0 aliphatic heterocycles. The number of benzene rings is 1. The summed E-state index contributed by atoms with van der Waals surface area (Å²) in [6, 6.07) is 13.6. The smallest absolute Gasteiger partial charge is 0.170 e. The SMILES string of the molecule is COc1ccc(Cc2nc(C=O)c3ccccn23)cc1. The van der Waals surface area contributed by atoms with Gasteiger partial charge in [-0.1, -0.05) is 18.2 Å². The summed E-state index contributed by atoms with van der Waals surface area (Å²) in [5, 5.41) is 0. The normalized spacial score (nSPS) is 10.7. The van der Waals surface area contributed by atoms with Crippen molar-refractivity contribution < 1.29 is 9.53 Å². The minimum absolute atomic E-state index is 0.481. The van der Waals surface area contributed by atoms with Gasteiger partial charge in [-0.2, -0.15) is 0 Å². The molecule has 3 rings (SSSR count). The van der Waals surface area contributed by atoms with E-state index in [4.69, 9.17) is 4.74 Å². The van der Waals surface area contributed by atoms with Crippen molar-refractivity contribution in [1.82, 2.24) is 9.38 Å². The van der Waals surface area contributed by atoms with Gasteiger partial charge < -0.3 is 9.14 Å². The van der Waals surface area contributed by atoms with Gasteiger partial charge in [-0.3, -0.25) is 4.79 Å². The van der Waals surface area contributed by atoms with Gasteiger partial charge in [0.05, 0.1) is 12.6 Å². The van der Waals surface area contributed by atoms with Crippen LogP contribution in [0.25, 0.3) is 5.52 Å². The summed E-state index contributed by atoms with van der Waals surface area (Å²) in [7, 11) is 1.65. The maximum atomic E-state index is 11.1. The molecule has 100 valence electrons. The first-order valence-electron chi connectivity index (χ1n) is 6.36. The van der Waals surface area contributed by atoms with Gasteiger partial charge in [0.15, 0.2) is 6.29 Å². The van der Waals surface area contributed by atoms with Crippen LogP contribution in [-0.2, 0) is 6.42 Å². The fourth-order valence-corrected chi connectivity index (χ4v) is 2.26.